The molecule has 0 spiro atoms. The van der Waals surface area contributed by atoms with Crippen LogP contribution in [0.15, 0.2) is 0 Å². The van der Waals surface area contributed by atoms with Gasteiger partial charge in [-0.1, -0.05) is 0 Å². The Morgan fingerprint density at radius 3 is 3.09 bits per heavy atom. The molecule has 1 aliphatic heterocycles. The molecule has 1 saturated heterocycles. The van der Waals surface area contributed by atoms with Gasteiger partial charge in [0, 0.05) is 19.6 Å². The first-order valence-electron chi connectivity index (χ1n) is 4.23. The Morgan fingerprint density at radius 2 is 2.55 bits per heavy atom. The first-order chi connectivity index (χ1) is 5.33. The van der Waals surface area contributed by atoms with E-state index in [1.54, 1.807) is 7.05 Å². The van der Waals surface area contributed by atoms with Crippen molar-refractivity contribution in [2.75, 3.05) is 20.2 Å². The minimum Gasteiger partial charge on any atom is -0.378 e. The molecule has 0 aliphatic carbocycles. The highest BCUT2D eigenvalue weighted by Gasteiger charge is 2.19. The van der Waals surface area contributed by atoms with Gasteiger partial charge >= 0.3 is 0 Å². The van der Waals surface area contributed by atoms with Gasteiger partial charge in [0.15, 0.2) is 0 Å². The van der Waals surface area contributed by atoms with E-state index in [-0.39, 0.29) is 6.10 Å². The van der Waals surface area contributed by atoms with Crippen LogP contribution in [0.3, 0.4) is 0 Å². The molecule has 3 heteroatoms. The lowest BCUT2D eigenvalue weighted by Gasteiger charge is -2.12. The van der Waals surface area contributed by atoms with Crippen LogP contribution in [0.25, 0.3) is 0 Å². The molecule has 11 heavy (non-hydrogen) atoms. The molecule has 66 valence electrons. The van der Waals surface area contributed by atoms with Crippen LogP contribution in [0.4, 0.5) is 4.39 Å². The average Bonchev–Trinajstić information content (AvgIpc) is 2.40. The summed E-state index contributed by atoms with van der Waals surface area (Å²) in [4.78, 5) is 0. The second-order valence-electron chi connectivity index (χ2n) is 3.03. The first kappa shape index (κ1) is 8.94. The van der Waals surface area contributed by atoms with Crippen molar-refractivity contribution < 1.29 is 9.13 Å². The van der Waals surface area contributed by atoms with E-state index in [0.29, 0.717) is 13.0 Å². The maximum Gasteiger partial charge on any atom is 0.115 e. The van der Waals surface area contributed by atoms with E-state index in [4.69, 9.17) is 4.74 Å². The lowest BCUT2D eigenvalue weighted by atomic mass is 10.1. The number of hydrogen-bond acceptors (Lipinski definition) is 2. The summed E-state index contributed by atoms with van der Waals surface area (Å²) >= 11 is 0. The Bertz CT molecular complexity index is 104. The number of nitrogens with one attached hydrogen (secondary N) is 1. The van der Waals surface area contributed by atoms with E-state index in [0.717, 1.165) is 19.4 Å². The van der Waals surface area contributed by atoms with Crippen LogP contribution in [0, 0.1) is 0 Å². The Hall–Kier alpha value is -0.150. The van der Waals surface area contributed by atoms with Gasteiger partial charge in [-0.05, 0) is 19.9 Å². The summed E-state index contributed by atoms with van der Waals surface area (Å²) in [5.41, 5.74) is 0. The van der Waals surface area contributed by atoms with Gasteiger partial charge in [0.2, 0.25) is 0 Å². The van der Waals surface area contributed by atoms with E-state index in [1.807, 2.05) is 0 Å². The van der Waals surface area contributed by atoms with E-state index in [1.165, 1.54) is 0 Å². The van der Waals surface area contributed by atoms with Crippen LogP contribution in [-0.4, -0.2) is 32.5 Å². The largest absolute Gasteiger partial charge is 0.378 e. The highest BCUT2D eigenvalue weighted by molar-refractivity contribution is 4.70. The van der Waals surface area contributed by atoms with Crippen LogP contribution < -0.4 is 5.32 Å². The summed E-state index contributed by atoms with van der Waals surface area (Å²) in [5, 5.41) is 2.81. The van der Waals surface area contributed by atoms with Crippen molar-refractivity contribution in [2.45, 2.75) is 31.5 Å². The van der Waals surface area contributed by atoms with Crippen LogP contribution in [0.2, 0.25) is 0 Å². The number of rotatable bonds is 4. The van der Waals surface area contributed by atoms with Crippen molar-refractivity contribution in [1.82, 2.24) is 5.32 Å². The zero-order valence-electron chi connectivity index (χ0n) is 6.98. The van der Waals surface area contributed by atoms with Gasteiger partial charge < -0.3 is 10.1 Å². The van der Waals surface area contributed by atoms with Gasteiger partial charge in [0.05, 0.1) is 6.10 Å². The molecule has 2 nitrogen and oxygen atoms in total. The standard InChI is InChI=1S/C8H16FNO/c1-10-6-7(9)5-8-3-2-4-11-8/h7-8,10H,2-6H2,1H3/t7-,8-/m0/s1. The summed E-state index contributed by atoms with van der Waals surface area (Å²) in [6.07, 6.45) is 2.11. The fourth-order valence-corrected chi connectivity index (χ4v) is 1.42. The Balaban J connectivity index is 2.08. The molecule has 0 aromatic heterocycles. The van der Waals surface area contributed by atoms with Gasteiger partial charge in [-0.25, -0.2) is 4.39 Å². The van der Waals surface area contributed by atoms with Crippen LogP contribution >= 0.6 is 0 Å². The Morgan fingerprint density at radius 1 is 1.73 bits per heavy atom. The maximum atomic E-state index is 12.9. The number of ether oxygens (including phenoxy) is 1. The molecule has 1 rings (SSSR count). The summed E-state index contributed by atoms with van der Waals surface area (Å²) in [6, 6.07) is 0. The molecular formula is C8H16FNO. The van der Waals surface area contributed by atoms with Crippen molar-refractivity contribution >= 4 is 0 Å². The molecule has 0 saturated carbocycles. The molecule has 1 N–H and O–H groups in total. The van der Waals surface area contributed by atoms with Gasteiger partial charge in [-0.2, -0.15) is 0 Å². The smallest absolute Gasteiger partial charge is 0.115 e. The van der Waals surface area contributed by atoms with Crippen molar-refractivity contribution in [3.05, 3.63) is 0 Å². The van der Waals surface area contributed by atoms with E-state index in [9.17, 15) is 4.39 Å². The van der Waals surface area contributed by atoms with Crippen molar-refractivity contribution in [3.63, 3.8) is 0 Å². The molecule has 1 fully saturated rings. The zero-order valence-corrected chi connectivity index (χ0v) is 6.98. The topological polar surface area (TPSA) is 21.3 Å². The lowest BCUT2D eigenvalue weighted by molar-refractivity contribution is 0.0812. The minimum absolute atomic E-state index is 0.179. The number of alkyl halides is 1. The van der Waals surface area contributed by atoms with Crippen LogP contribution in [0.1, 0.15) is 19.3 Å². The van der Waals surface area contributed by atoms with Crippen molar-refractivity contribution in [1.29, 1.82) is 0 Å². The third-order valence-corrected chi connectivity index (χ3v) is 1.97. The van der Waals surface area contributed by atoms with E-state index < -0.39 is 6.17 Å². The predicted octanol–water partition coefficient (Wildman–Crippen LogP) is 1.11. The van der Waals surface area contributed by atoms with Gasteiger partial charge in [0.1, 0.15) is 6.17 Å². The van der Waals surface area contributed by atoms with Crippen LogP contribution in [0.5, 0.6) is 0 Å². The summed E-state index contributed by atoms with van der Waals surface area (Å²) in [7, 11) is 1.77. The highest BCUT2D eigenvalue weighted by atomic mass is 19.1. The third kappa shape index (κ3) is 3.16. The number of hydrogen-bond donors (Lipinski definition) is 1. The van der Waals surface area contributed by atoms with Crippen LogP contribution in [-0.2, 0) is 4.74 Å². The quantitative estimate of drug-likeness (QED) is 0.667. The monoisotopic (exact) mass is 161 g/mol. The van der Waals surface area contributed by atoms with Gasteiger partial charge in [-0.15, -0.1) is 0 Å². The summed E-state index contributed by atoms with van der Waals surface area (Å²) in [5.74, 6) is 0. The van der Waals surface area contributed by atoms with Crippen molar-refractivity contribution in [3.8, 4) is 0 Å². The molecule has 0 bridgehead atoms. The minimum atomic E-state index is -0.747. The molecule has 1 heterocycles. The predicted molar refractivity (Wildman–Crippen MR) is 42.4 cm³/mol. The molecule has 2 atom stereocenters. The van der Waals surface area contributed by atoms with Crippen molar-refractivity contribution in [2.24, 2.45) is 0 Å². The Labute approximate surface area is 67.1 Å². The fraction of sp³-hybridized carbons (Fsp3) is 1.00. The summed E-state index contributed by atoms with van der Waals surface area (Å²) in [6.45, 7) is 1.26. The lowest BCUT2D eigenvalue weighted by Crippen LogP contribution is -2.24. The first-order valence-corrected chi connectivity index (χ1v) is 4.23. The molecule has 1 aliphatic rings. The molecule has 0 amide bonds. The average molecular weight is 161 g/mol. The number of halogens is 1. The van der Waals surface area contributed by atoms with Gasteiger partial charge in [0.25, 0.3) is 0 Å². The molecule has 0 aromatic carbocycles. The zero-order chi connectivity index (χ0) is 8.10. The molecule has 0 unspecified atom stereocenters. The molecule has 0 radical (unpaired) electrons. The van der Waals surface area contributed by atoms with E-state index >= 15 is 0 Å². The second-order valence-corrected chi connectivity index (χ2v) is 3.03. The van der Waals surface area contributed by atoms with Gasteiger partial charge in [-0.3, -0.25) is 0 Å². The summed E-state index contributed by atoms with van der Waals surface area (Å²) < 4.78 is 18.2. The molecule has 0 aromatic rings. The Kier molecular flexibility index (Phi) is 3.80. The normalized spacial score (nSPS) is 27.3. The highest BCUT2D eigenvalue weighted by Crippen LogP contribution is 2.17. The third-order valence-electron chi connectivity index (χ3n) is 1.97. The fourth-order valence-electron chi connectivity index (χ4n) is 1.42. The maximum absolute atomic E-state index is 12.9. The molecular weight excluding hydrogens is 145 g/mol. The van der Waals surface area contributed by atoms with E-state index in [2.05, 4.69) is 5.32 Å². The SMILES string of the molecule is CNC[C@@H](F)C[C@@H]1CCCO1. The second kappa shape index (κ2) is 4.67.